The number of benzene rings is 2. The molecule has 0 aliphatic heterocycles. The highest BCUT2D eigenvalue weighted by Crippen LogP contribution is 2.47. The van der Waals surface area contributed by atoms with Crippen molar-refractivity contribution >= 4 is 33.5 Å². The largest absolute Gasteiger partial charge is 0.497 e. The van der Waals surface area contributed by atoms with Crippen LogP contribution in [0.5, 0.6) is 5.75 Å². The molecule has 168 valence electrons. The molecule has 0 aliphatic carbocycles. The van der Waals surface area contributed by atoms with Gasteiger partial charge in [-0.15, -0.1) is 11.3 Å². The van der Waals surface area contributed by atoms with Gasteiger partial charge in [0.15, 0.2) is 5.13 Å². The first-order chi connectivity index (χ1) is 15.0. The van der Waals surface area contributed by atoms with E-state index >= 15 is 0 Å². The minimum atomic E-state index is -0.790. The van der Waals surface area contributed by atoms with Crippen molar-refractivity contribution in [3.05, 3.63) is 66.6 Å². The van der Waals surface area contributed by atoms with Crippen LogP contribution in [0.15, 0.2) is 29.6 Å². The van der Waals surface area contributed by atoms with Crippen molar-refractivity contribution in [3.8, 4) is 17.0 Å². The van der Waals surface area contributed by atoms with Crippen LogP contribution >= 0.6 is 11.3 Å². The van der Waals surface area contributed by atoms with Gasteiger partial charge in [-0.3, -0.25) is 20.2 Å². The molecular formula is C22H24N4O5S. The van der Waals surface area contributed by atoms with E-state index in [9.17, 15) is 20.2 Å². The Kier molecular flexibility index (Phi) is 6.18. The molecule has 0 saturated carbocycles. The molecule has 2 aromatic carbocycles. The zero-order valence-electron chi connectivity index (χ0n) is 18.7. The number of hydrogen-bond donors (Lipinski definition) is 1. The van der Waals surface area contributed by atoms with Gasteiger partial charge in [0.1, 0.15) is 11.3 Å². The van der Waals surface area contributed by atoms with Gasteiger partial charge in [-0.1, -0.05) is 20.8 Å². The number of anilines is 2. The van der Waals surface area contributed by atoms with Crippen molar-refractivity contribution < 1.29 is 14.6 Å². The lowest BCUT2D eigenvalue weighted by atomic mass is 9.80. The summed E-state index contributed by atoms with van der Waals surface area (Å²) >= 11 is 1.31. The molecule has 32 heavy (non-hydrogen) atoms. The van der Waals surface area contributed by atoms with Crippen molar-refractivity contribution in [2.75, 3.05) is 12.4 Å². The molecule has 10 heteroatoms. The minimum absolute atomic E-state index is 0.123. The van der Waals surface area contributed by atoms with Crippen LogP contribution in [-0.4, -0.2) is 21.9 Å². The normalized spacial score (nSPS) is 11.3. The van der Waals surface area contributed by atoms with Crippen LogP contribution < -0.4 is 10.1 Å². The SMILES string of the molecule is COc1ccc(Nc2nc(-c3c(C)c([N+](=O)[O-])c(C(C)(C)C)c([N+](=O)[O-])c3C)cs2)cc1. The van der Waals surface area contributed by atoms with Gasteiger partial charge in [-0.2, -0.15) is 0 Å². The van der Waals surface area contributed by atoms with E-state index in [1.165, 1.54) is 11.3 Å². The van der Waals surface area contributed by atoms with Crippen LogP contribution in [0.25, 0.3) is 11.3 Å². The molecule has 0 aliphatic rings. The summed E-state index contributed by atoms with van der Waals surface area (Å²) in [7, 11) is 1.59. The van der Waals surface area contributed by atoms with Crippen molar-refractivity contribution in [1.29, 1.82) is 0 Å². The summed E-state index contributed by atoms with van der Waals surface area (Å²) in [5.74, 6) is 0.722. The van der Waals surface area contributed by atoms with Crippen LogP contribution in [0.1, 0.15) is 37.5 Å². The first-order valence-corrected chi connectivity index (χ1v) is 10.7. The summed E-state index contributed by atoms with van der Waals surface area (Å²) in [5.41, 5.74) is 1.25. The van der Waals surface area contributed by atoms with Gasteiger partial charge in [0, 0.05) is 33.2 Å². The van der Waals surface area contributed by atoms with Crippen LogP contribution in [0.3, 0.4) is 0 Å². The van der Waals surface area contributed by atoms with E-state index in [4.69, 9.17) is 4.74 Å². The summed E-state index contributed by atoms with van der Waals surface area (Å²) in [4.78, 5) is 27.5. The average Bonchev–Trinajstić information content (AvgIpc) is 3.14. The molecule has 1 N–H and O–H groups in total. The topological polar surface area (TPSA) is 120 Å². The Morgan fingerprint density at radius 3 is 1.97 bits per heavy atom. The second-order valence-electron chi connectivity index (χ2n) is 8.35. The standard InChI is InChI=1S/C22H24N4O5S/c1-12-17(13(2)20(26(29)30)18(22(3,4)5)19(12)25(27)28)16-11-32-21(24-16)23-14-7-9-15(31-6)10-8-14/h7-11H,1-6H3,(H,23,24). The first-order valence-electron chi connectivity index (χ1n) is 9.79. The lowest BCUT2D eigenvalue weighted by Gasteiger charge is -2.22. The Morgan fingerprint density at radius 2 is 1.53 bits per heavy atom. The van der Waals surface area contributed by atoms with Gasteiger partial charge in [0.05, 0.1) is 22.7 Å². The lowest BCUT2D eigenvalue weighted by Crippen LogP contribution is -2.19. The van der Waals surface area contributed by atoms with Crippen LogP contribution in [-0.2, 0) is 5.41 Å². The maximum atomic E-state index is 12.0. The number of nitrogens with zero attached hydrogens (tertiary/aromatic N) is 3. The monoisotopic (exact) mass is 456 g/mol. The van der Waals surface area contributed by atoms with E-state index < -0.39 is 15.3 Å². The van der Waals surface area contributed by atoms with Gasteiger partial charge in [-0.25, -0.2) is 4.98 Å². The van der Waals surface area contributed by atoms with Crippen LogP contribution in [0.4, 0.5) is 22.2 Å². The lowest BCUT2D eigenvalue weighted by molar-refractivity contribution is -0.396. The van der Waals surface area contributed by atoms with Crippen LogP contribution in [0.2, 0.25) is 0 Å². The second-order valence-corrected chi connectivity index (χ2v) is 9.21. The zero-order chi connectivity index (χ0) is 23.8. The van der Waals surface area contributed by atoms with E-state index in [1.807, 2.05) is 24.3 Å². The number of hydrogen-bond acceptors (Lipinski definition) is 8. The van der Waals surface area contributed by atoms with Crippen molar-refractivity contribution in [3.63, 3.8) is 0 Å². The Hall–Kier alpha value is -3.53. The molecule has 1 heterocycles. The maximum Gasteiger partial charge on any atom is 0.283 e. The van der Waals surface area contributed by atoms with Crippen molar-refractivity contribution in [1.82, 2.24) is 4.98 Å². The highest BCUT2D eigenvalue weighted by molar-refractivity contribution is 7.14. The van der Waals surface area contributed by atoms with Crippen molar-refractivity contribution in [2.24, 2.45) is 0 Å². The molecule has 9 nitrogen and oxygen atoms in total. The molecule has 0 atom stereocenters. The Morgan fingerprint density at radius 1 is 1.00 bits per heavy atom. The fraction of sp³-hybridized carbons (Fsp3) is 0.318. The molecule has 3 aromatic rings. The predicted molar refractivity (Wildman–Crippen MR) is 125 cm³/mol. The Bertz CT molecular complexity index is 1160. The molecule has 0 amide bonds. The third-order valence-electron chi connectivity index (χ3n) is 5.15. The molecule has 0 unspecified atom stereocenters. The van der Waals surface area contributed by atoms with E-state index in [0.29, 0.717) is 27.5 Å². The number of rotatable bonds is 6. The number of nitrogens with one attached hydrogen (secondary N) is 1. The molecule has 3 rings (SSSR count). The maximum absolute atomic E-state index is 12.0. The fourth-order valence-corrected chi connectivity index (χ4v) is 4.52. The van der Waals surface area contributed by atoms with Gasteiger partial charge >= 0.3 is 0 Å². The molecule has 0 saturated heterocycles. The Balaban J connectivity index is 2.16. The smallest absolute Gasteiger partial charge is 0.283 e. The quantitative estimate of drug-likeness (QED) is 0.341. The number of methoxy groups -OCH3 is 1. The van der Waals surface area contributed by atoms with Crippen LogP contribution in [0, 0.1) is 34.1 Å². The third kappa shape index (κ3) is 4.26. The highest BCUT2D eigenvalue weighted by atomic mass is 32.1. The molecule has 1 aromatic heterocycles. The van der Waals surface area contributed by atoms with Gasteiger partial charge in [0.25, 0.3) is 11.4 Å². The summed E-state index contributed by atoms with van der Waals surface area (Å²) < 4.78 is 5.15. The average molecular weight is 457 g/mol. The predicted octanol–water partition coefficient (Wildman–Crippen LogP) is 6.29. The van der Waals surface area contributed by atoms with E-state index in [0.717, 1.165) is 11.4 Å². The summed E-state index contributed by atoms with van der Waals surface area (Å²) in [6.07, 6.45) is 0. The summed E-state index contributed by atoms with van der Waals surface area (Å²) in [6, 6.07) is 7.29. The molecular weight excluding hydrogens is 432 g/mol. The van der Waals surface area contributed by atoms with Crippen molar-refractivity contribution in [2.45, 2.75) is 40.0 Å². The third-order valence-corrected chi connectivity index (χ3v) is 5.91. The molecule has 0 radical (unpaired) electrons. The fourth-order valence-electron chi connectivity index (χ4n) is 3.80. The number of nitro benzene ring substituents is 2. The molecule has 0 bridgehead atoms. The highest BCUT2D eigenvalue weighted by Gasteiger charge is 2.39. The zero-order valence-corrected chi connectivity index (χ0v) is 19.5. The van der Waals surface area contributed by atoms with Gasteiger partial charge in [0.2, 0.25) is 0 Å². The Labute approximate surface area is 189 Å². The summed E-state index contributed by atoms with van der Waals surface area (Å²) in [6.45, 7) is 8.45. The number of nitro groups is 2. The number of thiazole rings is 1. The van der Waals surface area contributed by atoms with E-state index in [-0.39, 0.29) is 16.9 Å². The minimum Gasteiger partial charge on any atom is -0.497 e. The van der Waals surface area contributed by atoms with Gasteiger partial charge in [-0.05, 0) is 38.1 Å². The van der Waals surface area contributed by atoms with E-state index in [1.54, 1.807) is 47.1 Å². The number of aromatic nitrogens is 1. The second kappa shape index (κ2) is 8.54. The first kappa shape index (κ1) is 23.1. The molecule has 0 spiro atoms. The summed E-state index contributed by atoms with van der Waals surface area (Å²) in [5, 5.41) is 29.5. The van der Waals surface area contributed by atoms with Gasteiger partial charge < -0.3 is 10.1 Å². The number of ether oxygens (including phenoxy) is 1. The van der Waals surface area contributed by atoms with E-state index in [2.05, 4.69) is 10.3 Å². The molecule has 0 fully saturated rings.